The average Bonchev–Trinajstić information content (AvgIpc) is 3.13. The Morgan fingerprint density at radius 1 is 1.13 bits per heavy atom. The maximum atomic E-state index is 11.8. The lowest BCUT2D eigenvalue weighted by atomic mass is 10.0. The molecule has 0 atom stereocenters. The number of hydrogen-bond acceptors (Lipinski definition) is 6. The third kappa shape index (κ3) is 6.33. The highest BCUT2D eigenvalue weighted by atomic mass is 32.2. The molecule has 156 valence electrons. The maximum Gasteiger partial charge on any atom is 0.408 e. The molecular formula is C22H22N2O4S2. The predicted molar refractivity (Wildman–Crippen MR) is 118 cm³/mol. The molecule has 6 nitrogen and oxygen atoms in total. The van der Waals surface area contributed by atoms with Gasteiger partial charge in [0.25, 0.3) is 0 Å². The lowest BCUT2D eigenvalue weighted by molar-refractivity contribution is 0.0523. The molecule has 0 bridgehead atoms. The molecule has 0 aliphatic heterocycles. The number of nitrogens with zero attached hydrogens (tertiary/aromatic N) is 1. The van der Waals surface area contributed by atoms with Crippen LogP contribution in [0.3, 0.4) is 0 Å². The number of benzene rings is 2. The van der Waals surface area contributed by atoms with Crippen molar-refractivity contribution in [3.05, 3.63) is 65.3 Å². The Bertz CT molecular complexity index is 1040. The Kier molecular flexibility index (Phi) is 6.79. The van der Waals surface area contributed by atoms with E-state index in [0.717, 1.165) is 25.2 Å². The molecule has 2 aromatic carbocycles. The highest BCUT2D eigenvalue weighted by molar-refractivity contribution is 8.01. The summed E-state index contributed by atoms with van der Waals surface area (Å²) in [6, 6.07) is 14.9. The molecule has 2 N–H and O–H groups in total. The lowest BCUT2D eigenvalue weighted by Crippen LogP contribution is -2.32. The molecule has 1 aromatic heterocycles. The molecule has 0 aliphatic carbocycles. The van der Waals surface area contributed by atoms with Crippen molar-refractivity contribution in [1.29, 1.82) is 0 Å². The first-order valence-corrected chi connectivity index (χ1v) is 10.9. The van der Waals surface area contributed by atoms with Gasteiger partial charge in [-0.05, 0) is 50.1 Å². The van der Waals surface area contributed by atoms with Crippen LogP contribution in [0.25, 0.3) is 11.1 Å². The Morgan fingerprint density at radius 3 is 2.53 bits per heavy atom. The minimum atomic E-state index is -0.971. The van der Waals surface area contributed by atoms with E-state index >= 15 is 0 Å². The number of carboxylic acids is 1. The number of thiazole rings is 1. The minimum Gasteiger partial charge on any atom is -0.478 e. The van der Waals surface area contributed by atoms with Gasteiger partial charge in [0.05, 0.1) is 22.5 Å². The fourth-order valence-corrected chi connectivity index (χ4v) is 4.62. The van der Waals surface area contributed by atoms with Crippen molar-refractivity contribution in [2.24, 2.45) is 0 Å². The zero-order valence-electron chi connectivity index (χ0n) is 16.8. The van der Waals surface area contributed by atoms with Crippen LogP contribution in [-0.2, 0) is 11.3 Å². The van der Waals surface area contributed by atoms with Gasteiger partial charge in [-0.25, -0.2) is 14.6 Å². The number of hydrogen-bond donors (Lipinski definition) is 2. The summed E-state index contributed by atoms with van der Waals surface area (Å²) in [6.45, 7) is 5.68. The molecule has 0 spiro atoms. The van der Waals surface area contributed by atoms with Crippen molar-refractivity contribution >= 4 is 35.2 Å². The summed E-state index contributed by atoms with van der Waals surface area (Å²) in [5, 5.41) is 12.9. The van der Waals surface area contributed by atoms with E-state index in [9.17, 15) is 14.7 Å². The topological polar surface area (TPSA) is 88.5 Å². The third-order valence-corrected chi connectivity index (χ3v) is 5.86. The van der Waals surface area contributed by atoms with E-state index in [2.05, 4.69) is 10.3 Å². The molecule has 0 saturated heterocycles. The average molecular weight is 443 g/mol. The molecule has 0 fully saturated rings. The highest BCUT2D eigenvalue weighted by Gasteiger charge is 2.16. The maximum absolute atomic E-state index is 11.8. The molecule has 3 rings (SSSR count). The number of ether oxygens (including phenoxy) is 1. The normalized spacial score (nSPS) is 11.2. The molecule has 1 amide bonds. The lowest BCUT2D eigenvalue weighted by Gasteiger charge is -2.19. The van der Waals surface area contributed by atoms with E-state index in [1.807, 2.05) is 36.4 Å². The Hall–Kier alpha value is -2.84. The first-order valence-electron chi connectivity index (χ1n) is 9.23. The zero-order valence-corrected chi connectivity index (χ0v) is 18.5. The molecule has 0 radical (unpaired) electrons. The van der Waals surface area contributed by atoms with Gasteiger partial charge in [0.1, 0.15) is 10.6 Å². The molecular weight excluding hydrogens is 420 g/mol. The van der Waals surface area contributed by atoms with Gasteiger partial charge in [-0.15, -0.1) is 11.3 Å². The Labute approximate surface area is 183 Å². The summed E-state index contributed by atoms with van der Waals surface area (Å²) in [7, 11) is 0. The second-order valence-corrected chi connectivity index (χ2v) is 9.94. The number of nitrogens with one attached hydrogen (secondary N) is 1. The first-order chi connectivity index (χ1) is 14.2. The van der Waals surface area contributed by atoms with E-state index in [1.165, 1.54) is 23.1 Å². The van der Waals surface area contributed by atoms with Crippen LogP contribution < -0.4 is 5.32 Å². The fourth-order valence-electron chi connectivity index (χ4n) is 2.58. The zero-order chi connectivity index (χ0) is 21.7. The van der Waals surface area contributed by atoms with Crippen LogP contribution in [0.15, 0.2) is 63.8 Å². The van der Waals surface area contributed by atoms with Crippen LogP contribution in [0, 0.1) is 0 Å². The van der Waals surface area contributed by atoms with Crippen molar-refractivity contribution in [3.63, 3.8) is 0 Å². The number of rotatable bonds is 6. The van der Waals surface area contributed by atoms with Gasteiger partial charge in [0.2, 0.25) is 0 Å². The van der Waals surface area contributed by atoms with Crippen molar-refractivity contribution < 1.29 is 19.4 Å². The summed E-state index contributed by atoms with van der Waals surface area (Å²) >= 11 is 2.88. The Morgan fingerprint density at radius 2 is 1.87 bits per heavy atom. The second kappa shape index (κ2) is 9.32. The van der Waals surface area contributed by atoms with E-state index in [1.54, 1.807) is 39.1 Å². The van der Waals surface area contributed by atoms with Gasteiger partial charge in [0.15, 0.2) is 0 Å². The number of aromatic carboxylic acids is 1. The van der Waals surface area contributed by atoms with Gasteiger partial charge in [0, 0.05) is 4.90 Å². The fraction of sp³-hybridized carbons (Fsp3) is 0.227. The summed E-state index contributed by atoms with van der Waals surface area (Å²) in [6.07, 6.45) is 1.23. The van der Waals surface area contributed by atoms with E-state index in [0.29, 0.717) is 0 Å². The summed E-state index contributed by atoms with van der Waals surface area (Å²) in [5.74, 6) is -0.971. The second-order valence-electron chi connectivity index (χ2n) is 7.45. The summed E-state index contributed by atoms with van der Waals surface area (Å²) in [4.78, 5) is 28.5. The largest absolute Gasteiger partial charge is 0.478 e. The Balaban J connectivity index is 1.73. The minimum absolute atomic E-state index is 0.232. The van der Waals surface area contributed by atoms with Gasteiger partial charge in [-0.1, -0.05) is 42.1 Å². The molecule has 8 heteroatoms. The van der Waals surface area contributed by atoms with Crippen molar-refractivity contribution in [3.8, 4) is 11.1 Å². The monoisotopic (exact) mass is 442 g/mol. The number of carbonyl (C=O) groups is 2. The summed E-state index contributed by atoms with van der Waals surface area (Å²) in [5.41, 5.74) is 1.47. The molecule has 3 aromatic rings. The smallest absolute Gasteiger partial charge is 0.408 e. The SMILES string of the molecule is CC(C)(C)OC(=O)NCc1ncc(Sc2cc(C(=O)O)cc(-c3ccccc3)c2)s1. The van der Waals surface area contributed by atoms with Crippen LogP contribution in [0.1, 0.15) is 36.1 Å². The van der Waals surface area contributed by atoms with Crippen LogP contribution in [0.2, 0.25) is 0 Å². The van der Waals surface area contributed by atoms with Crippen LogP contribution in [-0.4, -0.2) is 27.8 Å². The number of amides is 1. The number of carbonyl (C=O) groups excluding carboxylic acids is 1. The van der Waals surface area contributed by atoms with Gasteiger partial charge in [-0.3, -0.25) is 0 Å². The van der Waals surface area contributed by atoms with Crippen LogP contribution in [0.5, 0.6) is 0 Å². The van der Waals surface area contributed by atoms with Gasteiger partial charge in [-0.2, -0.15) is 0 Å². The quantitative estimate of drug-likeness (QED) is 0.510. The number of carboxylic acid groups (broad SMARTS) is 1. The first kappa shape index (κ1) is 21.9. The molecule has 0 unspecified atom stereocenters. The van der Waals surface area contributed by atoms with E-state index in [-0.39, 0.29) is 12.1 Å². The molecule has 0 saturated carbocycles. The molecule has 0 aliphatic rings. The number of aromatic nitrogens is 1. The van der Waals surface area contributed by atoms with Crippen molar-refractivity contribution in [1.82, 2.24) is 10.3 Å². The molecule has 30 heavy (non-hydrogen) atoms. The summed E-state index contributed by atoms with van der Waals surface area (Å²) < 4.78 is 6.12. The van der Waals surface area contributed by atoms with Crippen LogP contribution >= 0.6 is 23.1 Å². The molecule has 1 heterocycles. The van der Waals surface area contributed by atoms with Crippen LogP contribution in [0.4, 0.5) is 4.79 Å². The van der Waals surface area contributed by atoms with E-state index < -0.39 is 17.7 Å². The van der Waals surface area contributed by atoms with Gasteiger partial charge >= 0.3 is 12.1 Å². The highest BCUT2D eigenvalue weighted by Crippen LogP contribution is 2.35. The van der Waals surface area contributed by atoms with Crippen molar-refractivity contribution in [2.75, 3.05) is 0 Å². The van der Waals surface area contributed by atoms with Crippen molar-refractivity contribution in [2.45, 2.75) is 42.0 Å². The van der Waals surface area contributed by atoms with Gasteiger partial charge < -0.3 is 15.2 Å². The standard InChI is InChI=1S/C22H22N2O4S2/c1-22(2,3)28-21(27)24-12-18-23-13-19(30-18)29-17-10-15(9-16(11-17)20(25)26)14-7-5-4-6-8-14/h4-11,13H,12H2,1-3H3,(H,24,27)(H,25,26). The predicted octanol–water partition coefficient (Wildman–Crippen LogP) is 5.68. The van der Waals surface area contributed by atoms with E-state index in [4.69, 9.17) is 4.74 Å². The third-order valence-electron chi connectivity index (χ3n) is 3.79. The number of alkyl carbamates (subject to hydrolysis) is 1.